The fourth-order valence-corrected chi connectivity index (χ4v) is 6.04. The Morgan fingerprint density at radius 2 is 0.773 bits per heavy atom. The SMILES string of the molecule is CC(N)CCCCCCCCCCCCC(N)C(c1ccc(Nc2ccccc2)cc1)c1ccc(Nc2ccccc2)cc1. The summed E-state index contributed by atoms with van der Waals surface area (Å²) in [6.07, 6.45) is 15.3. The molecule has 0 aliphatic carbocycles. The second kappa shape index (κ2) is 18.9. The van der Waals surface area contributed by atoms with Gasteiger partial charge in [-0.15, -0.1) is 0 Å². The van der Waals surface area contributed by atoms with Crippen molar-refractivity contribution in [2.45, 2.75) is 102 Å². The Hall–Kier alpha value is -3.60. The van der Waals surface area contributed by atoms with Gasteiger partial charge in [0, 0.05) is 40.8 Å². The van der Waals surface area contributed by atoms with E-state index in [4.69, 9.17) is 11.5 Å². The maximum absolute atomic E-state index is 7.01. The van der Waals surface area contributed by atoms with E-state index in [1.165, 1.54) is 75.3 Å². The summed E-state index contributed by atoms with van der Waals surface area (Å²) < 4.78 is 0. The summed E-state index contributed by atoms with van der Waals surface area (Å²) in [6, 6.07) is 38.7. The van der Waals surface area contributed by atoms with Crippen molar-refractivity contribution in [2.24, 2.45) is 11.5 Å². The molecule has 0 bridgehead atoms. The number of hydrogen-bond donors (Lipinski definition) is 4. The van der Waals surface area contributed by atoms with Crippen LogP contribution in [0.2, 0.25) is 0 Å². The summed E-state index contributed by atoms with van der Waals surface area (Å²) in [5, 5.41) is 7.01. The summed E-state index contributed by atoms with van der Waals surface area (Å²) in [4.78, 5) is 0. The zero-order valence-corrected chi connectivity index (χ0v) is 26.8. The molecule has 6 N–H and O–H groups in total. The first-order valence-corrected chi connectivity index (χ1v) is 16.9. The predicted molar refractivity (Wildman–Crippen MR) is 191 cm³/mol. The maximum Gasteiger partial charge on any atom is 0.0384 e. The van der Waals surface area contributed by atoms with Gasteiger partial charge in [0.1, 0.15) is 0 Å². The third-order valence-corrected chi connectivity index (χ3v) is 8.54. The van der Waals surface area contributed by atoms with Crippen LogP contribution in [0.3, 0.4) is 0 Å². The van der Waals surface area contributed by atoms with Crippen molar-refractivity contribution in [2.75, 3.05) is 10.6 Å². The summed E-state index contributed by atoms with van der Waals surface area (Å²) >= 11 is 0. The van der Waals surface area contributed by atoms with Crippen molar-refractivity contribution in [1.29, 1.82) is 0 Å². The molecule has 0 amide bonds. The molecule has 0 saturated heterocycles. The minimum Gasteiger partial charge on any atom is -0.356 e. The molecule has 44 heavy (non-hydrogen) atoms. The molecule has 4 rings (SSSR count). The van der Waals surface area contributed by atoms with Gasteiger partial charge in [0.25, 0.3) is 0 Å². The van der Waals surface area contributed by atoms with Crippen LogP contribution in [0.15, 0.2) is 109 Å². The Labute approximate surface area is 266 Å². The highest BCUT2D eigenvalue weighted by molar-refractivity contribution is 5.61. The summed E-state index contributed by atoms with van der Waals surface area (Å²) in [5.74, 6) is 0.147. The highest BCUT2D eigenvalue weighted by atomic mass is 14.9. The van der Waals surface area contributed by atoms with Gasteiger partial charge in [-0.2, -0.15) is 0 Å². The van der Waals surface area contributed by atoms with E-state index >= 15 is 0 Å². The average Bonchev–Trinajstić information content (AvgIpc) is 3.04. The summed E-state index contributed by atoms with van der Waals surface area (Å²) in [7, 11) is 0. The fraction of sp³-hybridized carbons (Fsp3) is 0.400. The minimum absolute atomic E-state index is 0.0621. The van der Waals surface area contributed by atoms with Crippen LogP contribution < -0.4 is 22.1 Å². The molecule has 4 aromatic rings. The Kier molecular flexibility index (Phi) is 14.3. The van der Waals surface area contributed by atoms with E-state index in [1.54, 1.807) is 0 Å². The number of hydrogen-bond acceptors (Lipinski definition) is 4. The van der Waals surface area contributed by atoms with Gasteiger partial charge < -0.3 is 22.1 Å². The Morgan fingerprint density at radius 3 is 1.16 bits per heavy atom. The van der Waals surface area contributed by atoms with Crippen LogP contribution in [0.4, 0.5) is 22.7 Å². The van der Waals surface area contributed by atoms with E-state index in [2.05, 4.69) is 115 Å². The molecule has 2 unspecified atom stereocenters. The van der Waals surface area contributed by atoms with Crippen LogP contribution in [-0.4, -0.2) is 12.1 Å². The molecule has 0 spiro atoms. The first-order valence-electron chi connectivity index (χ1n) is 16.9. The van der Waals surface area contributed by atoms with E-state index in [-0.39, 0.29) is 12.0 Å². The zero-order valence-electron chi connectivity index (χ0n) is 26.8. The van der Waals surface area contributed by atoms with Crippen LogP contribution in [0.1, 0.15) is 101 Å². The van der Waals surface area contributed by atoms with Crippen LogP contribution in [-0.2, 0) is 0 Å². The van der Waals surface area contributed by atoms with E-state index in [9.17, 15) is 0 Å². The molecule has 234 valence electrons. The molecule has 0 aliphatic heterocycles. The third-order valence-electron chi connectivity index (χ3n) is 8.54. The van der Waals surface area contributed by atoms with Gasteiger partial charge >= 0.3 is 0 Å². The molecule has 0 aromatic heterocycles. The molecular formula is C40H54N4. The monoisotopic (exact) mass is 590 g/mol. The van der Waals surface area contributed by atoms with Gasteiger partial charge in [-0.25, -0.2) is 0 Å². The van der Waals surface area contributed by atoms with Gasteiger partial charge in [-0.3, -0.25) is 0 Å². The Bertz CT molecular complexity index is 1200. The molecule has 4 aromatic carbocycles. The van der Waals surface area contributed by atoms with Crippen molar-refractivity contribution in [1.82, 2.24) is 0 Å². The van der Waals surface area contributed by atoms with E-state index in [0.29, 0.717) is 6.04 Å². The van der Waals surface area contributed by atoms with Crippen LogP contribution in [0.25, 0.3) is 0 Å². The Morgan fingerprint density at radius 1 is 0.432 bits per heavy atom. The van der Waals surface area contributed by atoms with Crippen molar-refractivity contribution in [3.63, 3.8) is 0 Å². The van der Waals surface area contributed by atoms with E-state index in [1.807, 2.05) is 12.1 Å². The van der Waals surface area contributed by atoms with Crippen molar-refractivity contribution in [3.8, 4) is 0 Å². The lowest BCUT2D eigenvalue weighted by Crippen LogP contribution is -2.29. The molecule has 0 radical (unpaired) electrons. The molecule has 4 nitrogen and oxygen atoms in total. The highest BCUT2D eigenvalue weighted by Gasteiger charge is 2.22. The summed E-state index contributed by atoms with van der Waals surface area (Å²) in [6.45, 7) is 2.11. The molecule has 4 heteroatoms. The zero-order chi connectivity index (χ0) is 30.8. The van der Waals surface area contributed by atoms with Gasteiger partial charge in [0.15, 0.2) is 0 Å². The van der Waals surface area contributed by atoms with Crippen LogP contribution in [0, 0.1) is 0 Å². The molecule has 0 aliphatic rings. The van der Waals surface area contributed by atoms with E-state index in [0.717, 1.165) is 35.6 Å². The van der Waals surface area contributed by atoms with Gasteiger partial charge in [-0.1, -0.05) is 125 Å². The summed E-state index contributed by atoms with van der Waals surface area (Å²) in [5.41, 5.74) is 19.7. The lowest BCUT2D eigenvalue weighted by atomic mass is 9.83. The smallest absolute Gasteiger partial charge is 0.0384 e. The minimum atomic E-state index is 0.0621. The first-order chi connectivity index (χ1) is 21.6. The number of unbranched alkanes of at least 4 members (excludes halogenated alkanes) is 9. The van der Waals surface area contributed by atoms with Crippen LogP contribution in [0.5, 0.6) is 0 Å². The Balaban J connectivity index is 1.30. The normalized spacial score (nSPS) is 12.6. The highest BCUT2D eigenvalue weighted by Crippen LogP contribution is 2.32. The third kappa shape index (κ3) is 11.8. The topological polar surface area (TPSA) is 76.1 Å². The van der Waals surface area contributed by atoms with E-state index < -0.39 is 0 Å². The fourth-order valence-electron chi connectivity index (χ4n) is 6.04. The van der Waals surface area contributed by atoms with Crippen molar-refractivity contribution in [3.05, 3.63) is 120 Å². The molecule has 0 saturated carbocycles. The predicted octanol–water partition coefficient (Wildman–Crippen LogP) is 10.7. The molecule has 2 atom stereocenters. The second-order valence-corrected chi connectivity index (χ2v) is 12.5. The standard InChI is InChI=1S/C40H54N4/c1-32(41)18-12-8-6-4-2-3-5-7-9-17-23-39(42)40(33-24-28-37(29-25-33)43-35-19-13-10-14-20-35)34-26-30-38(31-27-34)44-36-21-15-11-16-22-36/h10-11,13-16,19-22,24-32,39-40,43-44H,2-9,12,17-18,23,41-42H2,1H3. The van der Waals surface area contributed by atoms with Crippen molar-refractivity contribution < 1.29 is 0 Å². The quantitative estimate of drug-likeness (QED) is 0.0772. The number of nitrogens with one attached hydrogen (secondary N) is 2. The van der Waals surface area contributed by atoms with Gasteiger partial charge in [-0.05, 0) is 79.4 Å². The average molecular weight is 591 g/mol. The van der Waals surface area contributed by atoms with Gasteiger partial charge in [0.05, 0.1) is 0 Å². The largest absolute Gasteiger partial charge is 0.356 e. The van der Waals surface area contributed by atoms with Crippen molar-refractivity contribution >= 4 is 22.7 Å². The maximum atomic E-state index is 7.01. The number of rotatable bonds is 20. The lowest BCUT2D eigenvalue weighted by molar-refractivity contribution is 0.493. The number of anilines is 4. The van der Waals surface area contributed by atoms with Crippen LogP contribution >= 0.6 is 0 Å². The van der Waals surface area contributed by atoms with Gasteiger partial charge in [0.2, 0.25) is 0 Å². The first kappa shape index (κ1) is 33.3. The lowest BCUT2D eigenvalue weighted by Gasteiger charge is -2.26. The number of nitrogens with two attached hydrogens (primary N) is 2. The second-order valence-electron chi connectivity index (χ2n) is 12.5. The molecule has 0 fully saturated rings. The molecule has 0 heterocycles. The molecular weight excluding hydrogens is 536 g/mol. The number of benzene rings is 4. The number of para-hydroxylation sites is 2.